The van der Waals surface area contributed by atoms with E-state index >= 15 is 0 Å². The summed E-state index contributed by atoms with van der Waals surface area (Å²) in [5.41, 5.74) is 8.17. The Morgan fingerprint density at radius 2 is 1.96 bits per heavy atom. The smallest absolute Gasteiger partial charge is 0.223 e. The Balaban J connectivity index is 1.86. The Morgan fingerprint density at radius 3 is 2.67 bits per heavy atom. The fourth-order valence-corrected chi connectivity index (χ4v) is 3.20. The van der Waals surface area contributed by atoms with Gasteiger partial charge in [0.1, 0.15) is 6.10 Å². The maximum absolute atomic E-state index is 12.1. The molecule has 1 amide bonds. The average Bonchev–Trinajstić information content (AvgIpc) is 2.89. The molecule has 1 heterocycles. The summed E-state index contributed by atoms with van der Waals surface area (Å²) >= 11 is 0. The van der Waals surface area contributed by atoms with Gasteiger partial charge in [0.05, 0.1) is 6.04 Å². The third-order valence-electron chi connectivity index (χ3n) is 4.45. The fourth-order valence-electron chi connectivity index (χ4n) is 3.20. The van der Waals surface area contributed by atoms with Gasteiger partial charge in [-0.15, -0.1) is 0 Å². The molecular weight excluding hydrogens is 300 g/mol. The topological polar surface area (TPSA) is 66.6 Å². The molecule has 0 aliphatic carbocycles. The van der Waals surface area contributed by atoms with E-state index in [1.807, 2.05) is 42.5 Å². The molecule has 1 aliphatic rings. The van der Waals surface area contributed by atoms with Crippen molar-refractivity contribution in [3.8, 4) is 11.8 Å². The van der Waals surface area contributed by atoms with Gasteiger partial charge in [-0.3, -0.25) is 4.79 Å². The first kappa shape index (κ1) is 16.1. The van der Waals surface area contributed by atoms with E-state index in [0.29, 0.717) is 12.1 Å². The predicted octanol–water partition coefficient (Wildman–Crippen LogP) is 2.00. The van der Waals surface area contributed by atoms with Crippen LogP contribution in [0.2, 0.25) is 0 Å². The number of likely N-dealkylation sites (tertiary alicyclic amines) is 1. The van der Waals surface area contributed by atoms with E-state index in [1.165, 1.54) is 0 Å². The highest BCUT2D eigenvalue weighted by Gasteiger charge is 2.41. The van der Waals surface area contributed by atoms with Crippen LogP contribution in [-0.2, 0) is 4.79 Å². The number of hydrogen-bond acceptors (Lipinski definition) is 3. The van der Waals surface area contributed by atoms with Gasteiger partial charge in [-0.1, -0.05) is 48.2 Å². The van der Waals surface area contributed by atoms with Crippen molar-refractivity contribution in [3.05, 3.63) is 65.7 Å². The van der Waals surface area contributed by atoms with Crippen LogP contribution in [0, 0.1) is 11.8 Å². The molecular formula is C20H20N2O2. The Morgan fingerprint density at radius 1 is 1.21 bits per heavy atom. The molecule has 2 aromatic carbocycles. The lowest BCUT2D eigenvalue weighted by molar-refractivity contribution is -0.128. The quantitative estimate of drug-likeness (QED) is 0.657. The second-order valence-corrected chi connectivity index (χ2v) is 6.06. The molecule has 3 rings (SSSR count). The molecule has 0 radical (unpaired) electrons. The van der Waals surface area contributed by atoms with E-state index in [1.54, 1.807) is 24.1 Å². The van der Waals surface area contributed by atoms with E-state index < -0.39 is 6.10 Å². The van der Waals surface area contributed by atoms with Gasteiger partial charge in [-0.25, -0.2) is 0 Å². The number of nitrogens with zero attached hydrogens (tertiary/aromatic N) is 1. The number of hydrogen-bond donors (Lipinski definition) is 2. The maximum Gasteiger partial charge on any atom is 0.223 e. The Kier molecular flexibility index (Phi) is 4.54. The van der Waals surface area contributed by atoms with Crippen LogP contribution in [0.5, 0.6) is 0 Å². The summed E-state index contributed by atoms with van der Waals surface area (Å²) in [6.07, 6.45) is -0.532. The van der Waals surface area contributed by atoms with Gasteiger partial charge in [0.15, 0.2) is 0 Å². The first-order valence-corrected chi connectivity index (χ1v) is 7.92. The van der Waals surface area contributed by atoms with Crippen LogP contribution >= 0.6 is 0 Å². The molecule has 0 saturated carbocycles. The zero-order chi connectivity index (χ0) is 17.1. The maximum atomic E-state index is 12.1. The van der Waals surface area contributed by atoms with Crippen molar-refractivity contribution in [2.24, 2.45) is 0 Å². The fraction of sp³-hybridized carbons (Fsp3) is 0.250. The van der Waals surface area contributed by atoms with Crippen molar-refractivity contribution in [3.63, 3.8) is 0 Å². The number of nitrogens with two attached hydrogens (primary N) is 1. The summed E-state index contributed by atoms with van der Waals surface area (Å²) in [5, 5.41) is 10.6. The number of likely N-dealkylation sites (N-methyl/N-ethyl adjacent to an activating group) is 1. The molecule has 0 bridgehead atoms. The number of benzene rings is 2. The molecule has 2 aromatic rings. The lowest BCUT2D eigenvalue weighted by Gasteiger charge is -2.27. The highest BCUT2D eigenvalue weighted by Crippen LogP contribution is 2.35. The molecule has 3 N–H and O–H groups in total. The zero-order valence-corrected chi connectivity index (χ0v) is 13.5. The molecule has 122 valence electrons. The molecule has 4 heteroatoms. The van der Waals surface area contributed by atoms with Gasteiger partial charge >= 0.3 is 0 Å². The van der Waals surface area contributed by atoms with Crippen molar-refractivity contribution >= 4 is 11.6 Å². The second-order valence-electron chi connectivity index (χ2n) is 6.06. The van der Waals surface area contributed by atoms with Crippen molar-refractivity contribution in [1.82, 2.24) is 4.90 Å². The molecule has 1 fully saturated rings. The number of carbonyl (C=O) groups is 1. The molecule has 0 spiro atoms. The van der Waals surface area contributed by atoms with Crippen LogP contribution in [-0.4, -0.2) is 35.1 Å². The summed E-state index contributed by atoms with van der Waals surface area (Å²) in [6, 6.07) is 16.7. The van der Waals surface area contributed by atoms with Gasteiger partial charge < -0.3 is 15.7 Å². The van der Waals surface area contributed by atoms with Crippen LogP contribution in [0.15, 0.2) is 54.6 Å². The monoisotopic (exact) mass is 320 g/mol. The first-order chi connectivity index (χ1) is 11.6. The third-order valence-corrected chi connectivity index (χ3v) is 4.45. The van der Waals surface area contributed by atoms with Crippen LogP contribution in [0.3, 0.4) is 0 Å². The number of nitrogen functional groups attached to an aromatic ring is 1. The van der Waals surface area contributed by atoms with E-state index in [9.17, 15) is 9.90 Å². The van der Waals surface area contributed by atoms with Crippen molar-refractivity contribution in [2.45, 2.75) is 24.5 Å². The SMILES string of the molecule is CN1C(=O)C[C@H](c2ccccc2)[C@@H]1C(O)C#Cc1cccc(N)c1. The van der Waals surface area contributed by atoms with Gasteiger partial charge in [0.2, 0.25) is 5.91 Å². The van der Waals surface area contributed by atoms with Crippen molar-refractivity contribution in [2.75, 3.05) is 12.8 Å². The average molecular weight is 320 g/mol. The largest absolute Gasteiger partial charge is 0.399 e. The van der Waals surface area contributed by atoms with Crippen molar-refractivity contribution in [1.29, 1.82) is 0 Å². The number of anilines is 1. The molecule has 1 aliphatic heterocycles. The molecule has 0 aromatic heterocycles. The third kappa shape index (κ3) is 3.27. The molecule has 3 atom stereocenters. The van der Waals surface area contributed by atoms with Gasteiger partial charge in [-0.2, -0.15) is 0 Å². The Labute approximate surface area is 141 Å². The Bertz CT molecular complexity index is 792. The van der Waals surface area contributed by atoms with Gasteiger partial charge in [-0.05, 0) is 23.8 Å². The molecule has 4 nitrogen and oxygen atoms in total. The second kappa shape index (κ2) is 6.77. The number of amides is 1. The number of aliphatic hydroxyl groups excluding tert-OH is 1. The standard InChI is InChI=1S/C20H20N2O2/c1-22-19(24)13-17(15-7-3-2-4-8-15)20(22)18(23)11-10-14-6-5-9-16(21)12-14/h2-9,12,17-18,20,23H,13,21H2,1H3/t17-,18?,20-/m1/s1. The lowest BCUT2D eigenvalue weighted by Crippen LogP contribution is -2.40. The minimum Gasteiger partial charge on any atom is -0.399 e. The minimum atomic E-state index is -0.923. The highest BCUT2D eigenvalue weighted by molar-refractivity contribution is 5.80. The normalized spacial score (nSPS) is 21.2. The van der Waals surface area contributed by atoms with E-state index in [4.69, 9.17) is 5.73 Å². The predicted molar refractivity (Wildman–Crippen MR) is 94.1 cm³/mol. The van der Waals surface area contributed by atoms with E-state index in [0.717, 1.165) is 11.1 Å². The summed E-state index contributed by atoms with van der Waals surface area (Å²) in [7, 11) is 1.72. The van der Waals surface area contributed by atoms with E-state index in [-0.39, 0.29) is 17.9 Å². The highest BCUT2D eigenvalue weighted by atomic mass is 16.3. The van der Waals surface area contributed by atoms with Crippen molar-refractivity contribution < 1.29 is 9.90 Å². The molecule has 1 saturated heterocycles. The number of aliphatic hydroxyl groups is 1. The summed E-state index contributed by atoms with van der Waals surface area (Å²) in [6.45, 7) is 0. The first-order valence-electron chi connectivity index (χ1n) is 7.92. The van der Waals surface area contributed by atoms with Crippen LogP contribution in [0.1, 0.15) is 23.5 Å². The number of carbonyl (C=O) groups excluding carboxylic acids is 1. The zero-order valence-electron chi connectivity index (χ0n) is 13.5. The summed E-state index contributed by atoms with van der Waals surface area (Å²) < 4.78 is 0. The molecule has 1 unspecified atom stereocenters. The minimum absolute atomic E-state index is 0.0265. The van der Waals surface area contributed by atoms with Crippen LogP contribution < -0.4 is 5.73 Å². The number of rotatable bonds is 2. The van der Waals surface area contributed by atoms with Gasteiger partial charge in [0.25, 0.3) is 0 Å². The molecule has 24 heavy (non-hydrogen) atoms. The summed E-state index contributed by atoms with van der Waals surface area (Å²) in [5.74, 6) is 5.79. The van der Waals surface area contributed by atoms with Gasteiger partial charge in [0, 0.05) is 30.6 Å². The van der Waals surface area contributed by atoms with Crippen LogP contribution in [0.25, 0.3) is 0 Å². The van der Waals surface area contributed by atoms with E-state index in [2.05, 4.69) is 11.8 Å². The lowest BCUT2D eigenvalue weighted by atomic mass is 9.88. The Hall–Kier alpha value is -2.77. The summed E-state index contributed by atoms with van der Waals surface area (Å²) in [4.78, 5) is 13.7. The van der Waals surface area contributed by atoms with Crippen LogP contribution in [0.4, 0.5) is 5.69 Å².